The van der Waals surface area contributed by atoms with E-state index in [4.69, 9.17) is 13.7 Å². The fourth-order valence-electron chi connectivity index (χ4n) is 3.19. The molecule has 1 aliphatic heterocycles. The molecule has 0 saturated carbocycles. The summed E-state index contributed by atoms with van der Waals surface area (Å²) in [6.45, 7) is 0.974. The van der Waals surface area contributed by atoms with E-state index in [0.717, 1.165) is 19.1 Å². The van der Waals surface area contributed by atoms with Gasteiger partial charge in [0.2, 0.25) is 10.0 Å². The van der Waals surface area contributed by atoms with Crippen molar-refractivity contribution in [2.75, 3.05) is 26.5 Å². The molecule has 8 nitrogen and oxygen atoms in total. The number of rotatable bonds is 9. The molecule has 1 heterocycles. The maximum atomic E-state index is 13.3. The van der Waals surface area contributed by atoms with Crippen LogP contribution in [-0.4, -0.2) is 53.8 Å². The SMILES string of the molecule is COc1ccc(S(=O)(=O)N(Cc2ccc(OS(C)(=O)=O)cc2)CC2CCCO2)cc1. The molecule has 0 spiro atoms. The van der Waals surface area contributed by atoms with Gasteiger partial charge in [0.25, 0.3) is 0 Å². The Morgan fingerprint density at radius 1 is 1.00 bits per heavy atom. The molecular weight excluding hydrogens is 430 g/mol. The lowest BCUT2D eigenvalue weighted by molar-refractivity contribution is 0.0926. The Balaban J connectivity index is 1.84. The van der Waals surface area contributed by atoms with Crippen LogP contribution in [-0.2, 0) is 31.4 Å². The Hall–Kier alpha value is -2.14. The van der Waals surface area contributed by atoms with Gasteiger partial charge in [-0.25, -0.2) is 8.42 Å². The average Bonchev–Trinajstić information content (AvgIpc) is 3.21. The summed E-state index contributed by atoms with van der Waals surface area (Å²) < 4.78 is 66.1. The van der Waals surface area contributed by atoms with Crippen molar-refractivity contribution in [2.24, 2.45) is 0 Å². The van der Waals surface area contributed by atoms with Crippen molar-refractivity contribution in [3.63, 3.8) is 0 Å². The number of benzene rings is 2. The highest BCUT2D eigenvalue weighted by Gasteiger charge is 2.29. The molecule has 0 radical (unpaired) electrons. The van der Waals surface area contributed by atoms with Gasteiger partial charge >= 0.3 is 10.1 Å². The minimum atomic E-state index is -3.78. The summed E-state index contributed by atoms with van der Waals surface area (Å²) in [5.74, 6) is 0.742. The average molecular weight is 456 g/mol. The molecule has 0 aliphatic carbocycles. The van der Waals surface area contributed by atoms with Gasteiger partial charge in [-0.3, -0.25) is 0 Å². The molecule has 164 valence electrons. The van der Waals surface area contributed by atoms with Crippen molar-refractivity contribution in [3.8, 4) is 11.5 Å². The Morgan fingerprint density at radius 2 is 1.63 bits per heavy atom. The predicted molar refractivity (Wildman–Crippen MR) is 111 cm³/mol. The standard InChI is InChI=1S/C20H25NO7S2/c1-26-17-9-11-20(12-10-17)30(24,25)21(15-19-4-3-13-27-19)14-16-5-7-18(8-6-16)28-29(2,22)23/h5-12,19H,3-4,13-15H2,1-2H3. The third-order valence-corrected chi connectivity index (χ3v) is 6.98. The van der Waals surface area contributed by atoms with Gasteiger partial charge < -0.3 is 13.7 Å². The monoisotopic (exact) mass is 455 g/mol. The fraction of sp³-hybridized carbons (Fsp3) is 0.400. The summed E-state index contributed by atoms with van der Waals surface area (Å²) in [6.07, 6.45) is 2.51. The third kappa shape index (κ3) is 5.94. The van der Waals surface area contributed by atoms with Gasteiger partial charge in [-0.05, 0) is 54.8 Å². The summed E-state index contributed by atoms with van der Waals surface area (Å²) in [6, 6.07) is 12.5. The number of hydrogen-bond acceptors (Lipinski definition) is 7. The first-order chi connectivity index (χ1) is 14.2. The van der Waals surface area contributed by atoms with Crippen molar-refractivity contribution in [2.45, 2.75) is 30.4 Å². The van der Waals surface area contributed by atoms with Crippen molar-refractivity contribution in [3.05, 3.63) is 54.1 Å². The minimum Gasteiger partial charge on any atom is -0.497 e. The van der Waals surface area contributed by atoms with Gasteiger partial charge in [0, 0.05) is 19.7 Å². The molecular formula is C20H25NO7S2. The molecule has 30 heavy (non-hydrogen) atoms. The van der Waals surface area contributed by atoms with Crippen LogP contribution in [0, 0.1) is 0 Å². The Kier molecular flexibility index (Phi) is 7.02. The maximum Gasteiger partial charge on any atom is 0.306 e. The summed E-state index contributed by atoms with van der Waals surface area (Å²) in [5, 5.41) is 0. The number of ether oxygens (including phenoxy) is 2. The van der Waals surface area contributed by atoms with E-state index in [-0.39, 0.29) is 29.8 Å². The molecule has 1 fully saturated rings. The lowest BCUT2D eigenvalue weighted by Gasteiger charge is -2.25. The Morgan fingerprint density at radius 3 is 2.17 bits per heavy atom. The van der Waals surface area contributed by atoms with Crippen LogP contribution in [0.4, 0.5) is 0 Å². The van der Waals surface area contributed by atoms with E-state index < -0.39 is 20.1 Å². The second-order valence-electron chi connectivity index (χ2n) is 7.04. The van der Waals surface area contributed by atoms with Gasteiger partial charge in [0.05, 0.1) is 24.4 Å². The highest BCUT2D eigenvalue weighted by molar-refractivity contribution is 7.89. The van der Waals surface area contributed by atoms with Crippen molar-refractivity contribution in [1.82, 2.24) is 4.31 Å². The maximum absolute atomic E-state index is 13.3. The number of hydrogen-bond donors (Lipinski definition) is 0. The van der Waals surface area contributed by atoms with E-state index >= 15 is 0 Å². The Bertz CT molecular complexity index is 1040. The van der Waals surface area contributed by atoms with E-state index in [1.54, 1.807) is 24.3 Å². The molecule has 1 aliphatic rings. The predicted octanol–water partition coefficient (Wildman–Crippen LogP) is 2.40. The highest BCUT2D eigenvalue weighted by Crippen LogP contribution is 2.25. The topological polar surface area (TPSA) is 99.2 Å². The minimum absolute atomic E-state index is 0.118. The van der Waals surface area contributed by atoms with E-state index in [2.05, 4.69) is 0 Å². The largest absolute Gasteiger partial charge is 0.497 e. The van der Waals surface area contributed by atoms with Crippen LogP contribution in [0.5, 0.6) is 11.5 Å². The molecule has 1 atom stereocenters. The zero-order valence-electron chi connectivity index (χ0n) is 16.9. The van der Waals surface area contributed by atoms with Gasteiger partial charge in [-0.1, -0.05) is 12.1 Å². The molecule has 1 saturated heterocycles. The number of methoxy groups -OCH3 is 1. The molecule has 10 heteroatoms. The lowest BCUT2D eigenvalue weighted by Crippen LogP contribution is -2.36. The summed E-state index contributed by atoms with van der Waals surface area (Å²) in [7, 11) is -5.89. The first kappa shape index (κ1) is 22.5. The quantitative estimate of drug-likeness (QED) is 0.535. The van der Waals surface area contributed by atoms with Crippen LogP contribution in [0.3, 0.4) is 0 Å². The molecule has 3 rings (SSSR count). The molecule has 1 unspecified atom stereocenters. The van der Waals surface area contributed by atoms with Crippen molar-refractivity contribution >= 4 is 20.1 Å². The number of sulfonamides is 1. The highest BCUT2D eigenvalue weighted by atomic mass is 32.2. The van der Waals surface area contributed by atoms with Crippen LogP contribution >= 0.6 is 0 Å². The van der Waals surface area contributed by atoms with Gasteiger partial charge in [-0.2, -0.15) is 12.7 Å². The van der Waals surface area contributed by atoms with Gasteiger partial charge in [0.15, 0.2) is 0 Å². The summed E-state index contributed by atoms with van der Waals surface area (Å²) in [5.41, 5.74) is 0.700. The number of nitrogens with zero attached hydrogens (tertiary/aromatic N) is 1. The second-order valence-corrected chi connectivity index (χ2v) is 10.6. The molecule has 0 N–H and O–H groups in total. The summed E-state index contributed by atoms with van der Waals surface area (Å²) >= 11 is 0. The van der Waals surface area contributed by atoms with Gasteiger partial charge in [0.1, 0.15) is 11.5 Å². The lowest BCUT2D eigenvalue weighted by atomic mass is 10.2. The van der Waals surface area contributed by atoms with Gasteiger partial charge in [-0.15, -0.1) is 0 Å². The van der Waals surface area contributed by atoms with Crippen LogP contribution in [0.25, 0.3) is 0 Å². The molecule has 2 aromatic rings. The van der Waals surface area contributed by atoms with Crippen molar-refractivity contribution in [1.29, 1.82) is 0 Å². The second kappa shape index (κ2) is 9.34. The van der Waals surface area contributed by atoms with E-state index in [1.807, 2.05) is 0 Å². The zero-order valence-corrected chi connectivity index (χ0v) is 18.5. The fourth-order valence-corrected chi connectivity index (χ4v) is 5.11. The smallest absolute Gasteiger partial charge is 0.306 e. The molecule has 0 bridgehead atoms. The molecule has 0 amide bonds. The van der Waals surface area contributed by atoms with Crippen LogP contribution in [0.15, 0.2) is 53.4 Å². The molecule has 2 aromatic carbocycles. The van der Waals surface area contributed by atoms with E-state index in [1.165, 1.54) is 35.7 Å². The summed E-state index contributed by atoms with van der Waals surface area (Å²) in [4.78, 5) is 0.165. The van der Waals surface area contributed by atoms with Crippen molar-refractivity contribution < 1.29 is 30.5 Å². The van der Waals surface area contributed by atoms with Crippen LogP contribution in [0.2, 0.25) is 0 Å². The Labute approximate surface area is 177 Å². The third-order valence-electron chi connectivity index (χ3n) is 4.66. The zero-order chi connectivity index (χ0) is 21.8. The first-order valence-corrected chi connectivity index (χ1v) is 12.7. The van der Waals surface area contributed by atoms with Crippen LogP contribution in [0.1, 0.15) is 18.4 Å². The normalized spacial score (nSPS) is 17.2. The molecule has 0 aromatic heterocycles. The van der Waals surface area contributed by atoms with E-state index in [9.17, 15) is 16.8 Å². The van der Waals surface area contributed by atoms with E-state index in [0.29, 0.717) is 17.9 Å². The van der Waals surface area contributed by atoms with Crippen LogP contribution < -0.4 is 8.92 Å². The first-order valence-electron chi connectivity index (χ1n) is 9.41.